The molecule has 0 unspecified atom stereocenters. The Bertz CT molecular complexity index is 1140. The van der Waals surface area contributed by atoms with E-state index in [-0.39, 0.29) is 6.79 Å². The van der Waals surface area contributed by atoms with Gasteiger partial charge in [0.25, 0.3) is 0 Å². The van der Waals surface area contributed by atoms with Crippen LogP contribution in [0, 0.1) is 0 Å². The number of rotatable bonds is 14. The van der Waals surface area contributed by atoms with Gasteiger partial charge in [0.05, 0.1) is 39.6 Å². The van der Waals surface area contributed by atoms with Gasteiger partial charge in [0.1, 0.15) is 31.2 Å². The van der Waals surface area contributed by atoms with E-state index >= 15 is 0 Å². The molecule has 41 heavy (non-hydrogen) atoms. The summed E-state index contributed by atoms with van der Waals surface area (Å²) in [4.78, 5) is 0. The number of benzene rings is 4. The van der Waals surface area contributed by atoms with Gasteiger partial charge in [-0.05, 0) is 22.3 Å². The van der Waals surface area contributed by atoms with E-state index in [0.29, 0.717) is 39.6 Å². The first-order valence-corrected chi connectivity index (χ1v) is 14.1. The number of ether oxygens (including phenoxy) is 6. The van der Waals surface area contributed by atoms with E-state index in [1.165, 1.54) is 0 Å². The van der Waals surface area contributed by atoms with E-state index in [0.717, 1.165) is 22.3 Å². The Morgan fingerprint density at radius 2 is 0.756 bits per heavy atom. The molecule has 1 saturated heterocycles. The van der Waals surface area contributed by atoms with Crippen molar-refractivity contribution in [1.29, 1.82) is 0 Å². The molecule has 4 atom stereocenters. The van der Waals surface area contributed by atoms with Crippen molar-refractivity contribution in [2.75, 3.05) is 20.0 Å². The van der Waals surface area contributed by atoms with Crippen molar-refractivity contribution in [2.45, 2.75) is 50.8 Å². The van der Waals surface area contributed by atoms with Crippen molar-refractivity contribution in [3.05, 3.63) is 144 Å². The maximum Gasteiger partial charge on any atom is 0.147 e. The molecule has 0 bridgehead atoms. The van der Waals surface area contributed by atoms with Crippen LogP contribution in [0.4, 0.5) is 0 Å². The van der Waals surface area contributed by atoms with Crippen LogP contribution in [0.3, 0.4) is 0 Å². The summed E-state index contributed by atoms with van der Waals surface area (Å²) in [6.07, 6.45) is -1.71. The Hall–Kier alpha value is -3.36. The fraction of sp³-hybridized carbons (Fsp3) is 0.314. The molecule has 0 N–H and O–H groups in total. The molecule has 1 fully saturated rings. The van der Waals surface area contributed by atoms with Gasteiger partial charge in [-0.25, -0.2) is 0 Å². The largest absolute Gasteiger partial charge is 0.374 e. The molecular weight excluding hydrogens is 516 g/mol. The molecule has 1 aliphatic heterocycles. The minimum absolute atomic E-state index is 0.0924. The predicted molar refractivity (Wildman–Crippen MR) is 157 cm³/mol. The van der Waals surface area contributed by atoms with Crippen molar-refractivity contribution in [3.8, 4) is 0 Å². The quantitative estimate of drug-likeness (QED) is 0.182. The molecule has 1 heterocycles. The first kappa shape index (κ1) is 29.1. The van der Waals surface area contributed by atoms with Gasteiger partial charge in [0.15, 0.2) is 0 Å². The molecule has 1 aliphatic rings. The summed E-state index contributed by atoms with van der Waals surface area (Å²) in [5, 5.41) is 0. The summed E-state index contributed by atoms with van der Waals surface area (Å²) >= 11 is 0. The molecule has 0 spiro atoms. The molecule has 0 aliphatic carbocycles. The van der Waals surface area contributed by atoms with Crippen LogP contribution >= 0.6 is 0 Å². The SMILES string of the molecule is c1ccc(COC[C@@H]2OCO[C@H](COCc3ccccc3)[C@@H](OCc3ccccc3)[C@H]2OCc2ccccc2)cc1. The lowest BCUT2D eigenvalue weighted by Crippen LogP contribution is -2.49. The molecule has 4 aromatic carbocycles. The smallest absolute Gasteiger partial charge is 0.147 e. The van der Waals surface area contributed by atoms with Crippen LogP contribution in [0.2, 0.25) is 0 Å². The normalized spacial score (nSPS) is 20.9. The van der Waals surface area contributed by atoms with Crippen LogP contribution < -0.4 is 0 Å². The van der Waals surface area contributed by atoms with Gasteiger partial charge in [0.2, 0.25) is 0 Å². The second kappa shape index (κ2) is 16.2. The summed E-state index contributed by atoms with van der Waals surface area (Å²) in [7, 11) is 0. The van der Waals surface area contributed by atoms with Gasteiger partial charge in [-0.3, -0.25) is 0 Å². The van der Waals surface area contributed by atoms with E-state index < -0.39 is 24.4 Å². The number of hydrogen-bond donors (Lipinski definition) is 0. The standard InChI is InChI=1S/C35H38O6/c1-5-13-28(14-6-1)21-36-25-32-34(38-23-30-17-9-3-10-18-30)35(39-24-31-19-11-4-12-20-31)33(41-27-40-32)26-37-22-29-15-7-2-8-16-29/h1-20,32-35H,21-27H2/t32-,33+,34-,35+. The molecule has 0 saturated carbocycles. The predicted octanol–water partition coefficient (Wildman–Crippen LogP) is 6.33. The summed E-state index contributed by atoms with van der Waals surface area (Å²) in [5.41, 5.74) is 4.34. The van der Waals surface area contributed by atoms with Crippen LogP contribution in [-0.2, 0) is 54.8 Å². The van der Waals surface area contributed by atoms with Crippen molar-refractivity contribution in [3.63, 3.8) is 0 Å². The summed E-state index contributed by atoms with van der Waals surface area (Å²) in [5.74, 6) is 0. The molecule has 0 aromatic heterocycles. The third kappa shape index (κ3) is 9.33. The van der Waals surface area contributed by atoms with E-state index in [2.05, 4.69) is 24.3 Å². The highest BCUT2D eigenvalue weighted by Gasteiger charge is 2.41. The summed E-state index contributed by atoms with van der Waals surface area (Å²) in [6, 6.07) is 40.5. The maximum absolute atomic E-state index is 6.59. The Morgan fingerprint density at radius 1 is 0.439 bits per heavy atom. The highest BCUT2D eigenvalue weighted by molar-refractivity contribution is 5.16. The average molecular weight is 555 g/mol. The van der Waals surface area contributed by atoms with Crippen molar-refractivity contribution < 1.29 is 28.4 Å². The van der Waals surface area contributed by atoms with Gasteiger partial charge >= 0.3 is 0 Å². The van der Waals surface area contributed by atoms with Crippen LogP contribution in [0.1, 0.15) is 22.3 Å². The first-order chi connectivity index (χ1) is 20.3. The van der Waals surface area contributed by atoms with Gasteiger partial charge < -0.3 is 28.4 Å². The zero-order chi connectivity index (χ0) is 28.0. The molecule has 0 radical (unpaired) electrons. The summed E-state index contributed by atoms with van der Waals surface area (Å²) < 4.78 is 37.9. The van der Waals surface area contributed by atoms with Crippen molar-refractivity contribution in [1.82, 2.24) is 0 Å². The lowest BCUT2D eigenvalue weighted by molar-refractivity contribution is -0.159. The third-order valence-corrected chi connectivity index (χ3v) is 6.98. The topological polar surface area (TPSA) is 55.4 Å². The van der Waals surface area contributed by atoms with E-state index in [1.54, 1.807) is 0 Å². The lowest BCUT2D eigenvalue weighted by atomic mass is 10.0. The molecule has 0 amide bonds. The third-order valence-electron chi connectivity index (χ3n) is 6.98. The second-order valence-corrected chi connectivity index (χ2v) is 10.1. The molecule has 6 heteroatoms. The van der Waals surface area contributed by atoms with Gasteiger partial charge in [0, 0.05) is 0 Å². The van der Waals surface area contributed by atoms with Crippen LogP contribution in [0.5, 0.6) is 0 Å². The second-order valence-electron chi connectivity index (χ2n) is 10.1. The highest BCUT2D eigenvalue weighted by Crippen LogP contribution is 2.25. The molecule has 4 aromatic rings. The summed E-state index contributed by atoms with van der Waals surface area (Å²) in [6.45, 7) is 2.54. The zero-order valence-corrected chi connectivity index (χ0v) is 23.3. The molecule has 214 valence electrons. The molecule has 5 rings (SSSR count). The average Bonchev–Trinajstić information content (AvgIpc) is 3.19. The van der Waals surface area contributed by atoms with Crippen LogP contribution in [-0.4, -0.2) is 44.4 Å². The fourth-order valence-electron chi connectivity index (χ4n) is 4.78. The molecule has 6 nitrogen and oxygen atoms in total. The highest BCUT2D eigenvalue weighted by atomic mass is 16.7. The minimum atomic E-state index is -0.456. The monoisotopic (exact) mass is 554 g/mol. The van der Waals surface area contributed by atoms with E-state index in [4.69, 9.17) is 28.4 Å². The van der Waals surface area contributed by atoms with Crippen LogP contribution in [0.15, 0.2) is 121 Å². The number of hydrogen-bond acceptors (Lipinski definition) is 6. The zero-order valence-electron chi connectivity index (χ0n) is 23.3. The Kier molecular flexibility index (Phi) is 11.5. The Labute approximate surface area is 242 Å². The van der Waals surface area contributed by atoms with Crippen molar-refractivity contribution >= 4 is 0 Å². The van der Waals surface area contributed by atoms with Crippen LogP contribution in [0.25, 0.3) is 0 Å². The van der Waals surface area contributed by atoms with Gasteiger partial charge in [-0.2, -0.15) is 0 Å². The minimum Gasteiger partial charge on any atom is -0.374 e. The fourth-order valence-corrected chi connectivity index (χ4v) is 4.78. The molecular formula is C35H38O6. The van der Waals surface area contributed by atoms with E-state index in [9.17, 15) is 0 Å². The Morgan fingerprint density at radius 3 is 1.10 bits per heavy atom. The van der Waals surface area contributed by atoms with Crippen molar-refractivity contribution in [2.24, 2.45) is 0 Å². The first-order valence-electron chi connectivity index (χ1n) is 14.1. The maximum atomic E-state index is 6.59. The van der Waals surface area contributed by atoms with Gasteiger partial charge in [-0.15, -0.1) is 0 Å². The van der Waals surface area contributed by atoms with Gasteiger partial charge in [-0.1, -0.05) is 121 Å². The lowest BCUT2D eigenvalue weighted by Gasteiger charge is -2.33. The Balaban J connectivity index is 1.33. The van der Waals surface area contributed by atoms with E-state index in [1.807, 2.05) is 97.1 Å².